The number of fused-ring (bicyclic) bond motifs is 1. The number of aromatic nitrogens is 1. The smallest absolute Gasteiger partial charge is 0.233 e. The van der Waals surface area contributed by atoms with Crippen molar-refractivity contribution in [3.8, 4) is 11.3 Å². The van der Waals surface area contributed by atoms with Gasteiger partial charge in [0.2, 0.25) is 5.91 Å². The molecule has 1 heterocycles. The van der Waals surface area contributed by atoms with Crippen LogP contribution in [-0.4, -0.2) is 36.8 Å². The van der Waals surface area contributed by atoms with E-state index >= 15 is 0 Å². The molecule has 0 unspecified atom stereocenters. The Morgan fingerprint density at radius 3 is 2.42 bits per heavy atom. The van der Waals surface area contributed by atoms with Crippen LogP contribution >= 0.6 is 0 Å². The van der Waals surface area contributed by atoms with Crippen molar-refractivity contribution in [2.45, 2.75) is 0 Å². The number of amides is 1. The van der Waals surface area contributed by atoms with Crippen molar-refractivity contribution in [2.75, 3.05) is 20.1 Å². The zero-order valence-electron chi connectivity index (χ0n) is 13.4. The number of Topliss-reactive ketones (excluding diaryl/α,β-unsaturated/α-hetero) is 1. The van der Waals surface area contributed by atoms with Gasteiger partial charge < -0.3 is 15.6 Å². The molecule has 24 heavy (non-hydrogen) atoms. The zero-order chi connectivity index (χ0) is 16.9. The predicted octanol–water partition coefficient (Wildman–Crippen LogP) is 2.35. The van der Waals surface area contributed by atoms with Crippen LogP contribution in [0.4, 0.5) is 0 Å². The molecule has 0 radical (unpaired) electrons. The Hall–Kier alpha value is -2.92. The summed E-state index contributed by atoms with van der Waals surface area (Å²) in [6.45, 7) is 0.223. The Labute approximate surface area is 140 Å². The second-order valence-corrected chi connectivity index (χ2v) is 5.49. The van der Waals surface area contributed by atoms with Gasteiger partial charge in [0, 0.05) is 18.0 Å². The first-order valence-electron chi connectivity index (χ1n) is 7.81. The minimum absolute atomic E-state index is 0.0461. The molecule has 0 atom stereocenters. The van der Waals surface area contributed by atoms with Crippen LogP contribution in [0.3, 0.4) is 0 Å². The van der Waals surface area contributed by atoms with Gasteiger partial charge in [-0.3, -0.25) is 9.59 Å². The number of rotatable bonds is 6. The monoisotopic (exact) mass is 321 g/mol. The third-order valence-corrected chi connectivity index (χ3v) is 3.90. The fourth-order valence-corrected chi connectivity index (χ4v) is 2.72. The standard InChI is InChI=1S/C19H19N3O2/c1-20-17(24)12-21-11-16(23)18-14-9-5-6-10-15(14)22-19(18)13-7-3-2-4-8-13/h2-10,21-22H,11-12H2,1H3,(H,20,24). The van der Waals surface area contributed by atoms with Crippen LogP contribution in [0.1, 0.15) is 10.4 Å². The molecule has 0 spiro atoms. The van der Waals surface area contributed by atoms with Crippen molar-refractivity contribution < 1.29 is 9.59 Å². The number of carbonyl (C=O) groups excluding carboxylic acids is 2. The van der Waals surface area contributed by atoms with Gasteiger partial charge in [0.05, 0.1) is 24.3 Å². The lowest BCUT2D eigenvalue weighted by Gasteiger charge is -2.06. The van der Waals surface area contributed by atoms with Gasteiger partial charge in [-0.1, -0.05) is 48.5 Å². The van der Waals surface area contributed by atoms with E-state index in [4.69, 9.17) is 0 Å². The number of ketones is 1. The summed E-state index contributed by atoms with van der Waals surface area (Å²) in [6, 6.07) is 17.5. The molecule has 0 bridgehead atoms. The van der Waals surface area contributed by atoms with E-state index in [2.05, 4.69) is 15.6 Å². The van der Waals surface area contributed by atoms with Crippen LogP contribution in [0.15, 0.2) is 54.6 Å². The van der Waals surface area contributed by atoms with E-state index in [1.54, 1.807) is 7.05 Å². The molecule has 5 nitrogen and oxygen atoms in total. The molecule has 122 valence electrons. The molecular formula is C19H19N3O2. The van der Waals surface area contributed by atoms with Gasteiger partial charge in [0.15, 0.2) is 5.78 Å². The van der Waals surface area contributed by atoms with E-state index in [0.29, 0.717) is 5.56 Å². The second-order valence-electron chi connectivity index (χ2n) is 5.49. The van der Waals surface area contributed by atoms with Gasteiger partial charge >= 0.3 is 0 Å². The highest BCUT2D eigenvalue weighted by atomic mass is 16.2. The van der Waals surface area contributed by atoms with Gasteiger partial charge in [0.1, 0.15) is 0 Å². The summed E-state index contributed by atoms with van der Waals surface area (Å²) in [4.78, 5) is 27.4. The number of carbonyl (C=O) groups is 2. The first-order valence-corrected chi connectivity index (χ1v) is 7.81. The lowest BCUT2D eigenvalue weighted by molar-refractivity contribution is -0.119. The molecule has 5 heteroatoms. The van der Waals surface area contributed by atoms with E-state index in [9.17, 15) is 9.59 Å². The highest BCUT2D eigenvalue weighted by molar-refractivity contribution is 6.14. The maximum atomic E-state index is 12.8. The molecule has 1 aromatic heterocycles. The minimum atomic E-state index is -0.148. The number of hydrogen-bond acceptors (Lipinski definition) is 3. The number of hydrogen-bond donors (Lipinski definition) is 3. The number of likely N-dealkylation sites (N-methyl/N-ethyl adjacent to an activating group) is 1. The van der Waals surface area contributed by atoms with Crippen LogP contribution in [0.2, 0.25) is 0 Å². The quantitative estimate of drug-likeness (QED) is 0.610. The Balaban J connectivity index is 1.96. The number of aromatic amines is 1. The highest BCUT2D eigenvalue weighted by Crippen LogP contribution is 2.30. The molecule has 0 saturated carbocycles. The summed E-state index contributed by atoms with van der Waals surface area (Å²) in [5.41, 5.74) is 3.35. The van der Waals surface area contributed by atoms with E-state index < -0.39 is 0 Å². The maximum absolute atomic E-state index is 12.8. The molecule has 0 aliphatic rings. The molecule has 3 N–H and O–H groups in total. The Morgan fingerprint density at radius 1 is 0.958 bits per heavy atom. The molecular weight excluding hydrogens is 302 g/mol. The van der Waals surface area contributed by atoms with Crippen LogP contribution in [0.25, 0.3) is 22.2 Å². The summed E-state index contributed by atoms with van der Waals surface area (Å²) < 4.78 is 0. The van der Waals surface area contributed by atoms with Gasteiger partial charge in [-0.05, 0) is 11.6 Å². The predicted molar refractivity (Wildman–Crippen MR) is 95.0 cm³/mol. The summed E-state index contributed by atoms with van der Waals surface area (Å²) >= 11 is 0. The van der Waals surface area contributed by atoms with Crippen molar-refractivity contribution in [3.63, 3.8) is 0 Å². The van der Waals surface area contributed by atoms with Gasteiger partial charge in [-0.2, -0.15) is 0 Å². The number of nitrogens with one attached hydrogen (secondary N) is 3. The van der Waals surface area contributed by atoms with E-state index in [1.165, 1.54) is 0 Å². The normalized spacial score (nSPS) is 10.7. The van der Waals surface area contributed by atoms with Gasteiger partial charge in [-0.15, -0.1) is 0 Å². The van der Waals surface area contributed by atoms with Crippen LogP contribution in [-0.2, 0) is 4.79 Å². The van der Waals surface area contributed by atoms with Crippen molar-refractivity contribution in [1.82, 2.24) is 15.6 Å². The van der Waals surface area contributed by atoms with Crippen molar-refractivity contribution in [2.24, 2.45) is 0 Å². The Morgan fingerprint density at radius 2 is 1.67 bits per heavy atom. The first-order chi connectivity index (χ1) is 11.7. The SMILES string of the molecule is CNC(=O)CNCC(=O)c1c(-c2ccccc2)[nH]c2ccccc12. The fraction of sp³-hybridized carbons (Fsp3) is 0.158. The molecule has 3 rings (SSSR count). The van der Waals surface area contributed by atoms with Crippen molar-refractivity contribution in [1.29, 1.82) is 0 Å². The van der Waals surface area contributed by atoms with Crippen LogP contribution in [0, 0.1) is 0 Å². The minimum Gasteiger partial charge on any atom is -0.358 e. The molecule has 0 fully saturated rings. The summed E-state index contributed by atoms with van der Waals surface area (Å²) in [5, 5.41) is 6.31. The number of benzene rings is 2. The topological polar surface area (TPSA) is 74.0 Å². The van der Waals surface area contributed by atoms with Crippen molar-refractivity contribution in [3.05, 3.63) is 60.2 Å². The van der Waals surface area contributed by atoms with Crippen LogP contribution < -0.4 is 10.6 Å². The lowest BCUT2D eigenvalue weighted by Crippen LogP contribution is -2.34. The summed E-state index contributed by atoms with van der Waals surface area (Å²) in [5.74, 6) is -0.194. The molecule has 0 aliphatic heterocycles. The molecule has 0 aliphatic carbocycles. The Kier molecular flexibility index (Phi) is 4.72. The second kappa shape index (κ2) is 7.10. The molecule has 1 amide bonds. The van der Waals surface area contributed by atoms with E-state index in [1.807, 2.05) is 54.6 Å². The third kappa shape index (κ3) is 3.21. The molecule has 0 saturated heterocycles. The van der Waals surface area contributed by atoms with E-state index in [0.717, 1.165) is 22.2 Å². The molecule has 2 aromatic carbocycles. The van der Waals surface area contributed by atoms with Crippen molar-refractivity contribution >= 4 is 22.6 Å². The summed E-state index contributed by atoms with van der Waals surface area (Å²) in [6.07, 6.45) is 0. The Bertz CT molecular complexity index is 869. The number of H-pyrrole nitrogens is 1. The average molecular weight is 321 g/mol. The fourth-order valence-electron chi connectivity index (χ4n) is 2.72. The van der Waals surface area contributed by atoms with Gasteiger partial charge in [0.25, 0.3) is 0 Å². The largest absolute Gasteiger partial charge is 0.358 e. The summed E-state index contributed by atoms with van der Waals surface area (Å²) in [7, 11) is 1.57. The highest BCUT2D eigenvalue weighted by Gasteiger charge is 2.19. The third-order valence-electron chi connectivity index (χ3n) is 3.90. The average Bonchev–Trinajstić information content (AvgIpc) is 3.01. The maximum Gasteiger partial charge on any atom is 0.233 e. The first kappa shape index (κ1) is 16.0. The van der Waals surface area contributed by atoms with E-state index in [-0.39, 0.29) is 24.8 Å². The van der Waals surface area contributed by atoms with Gasteiger partial charge in [-0.25, -0.2) is 0 Å². The zero-order valence-corrected chi connectivity index (χ0v) is 13.4. The van der Waals surface area contributed by atoms with Crippen LogP contribution in [0.5, 0.6) is 0 Å². The molecule has 3 aromatic rings. The lowest BCUT2D eigenvalue weighted by atomic mass is 10.0. The number of para-hydroxylation sites is 1.